The third-order valence-corrected chi connectivity index (χ3v) is 4.00. The van der Waals surface area contributed by atoms with Gasteiger partial charge in [0.05, 0.1) is 12.7 Å². The van der Waals surface area contributed by atoms with E-state index in [4.69, 9.17) is 4.74 Å². The second kappa shape index (κ2) is 5.80. The van der Waals surface area contributed by atoms with Crippen molar-refractivity contribution in [3.63, 3.8) is 0 Å². The third-order valence-electron chi connectivity index (χ3n) is 2.94. The number of hydrogen-bond donors (Lipinski definition) is 1. The largest absolute Gasteiger partial charge is 0.373 e. The molecule has 1 saturated carbocycles. The number of rotatable bonds is 7. The Labute approximate surface area is 102 Å². The van der Waals surface area contributed by atoms with E-state index in [0.717, 1.165) is 25.6 Å². The van der Waals surface area contributed by atoms with Crippen LogP contribution in [0.3, 0.4) is 0 Å². The summed E-state index contributed by atoms with van der Waals surface area (Å²) in [5, 5.41) is 3.53. The molecule has 1 unspecified atom stereocenters. The van der Waals surface area contributed by atoms with E-state index in [0.29, 0.717) is 6.10 Å². The fourth-order valence-corrected chi connectivity index (χ4v) is 2.36. The highest BCUT2D eigenvalue weighted by molar-refractivity contribution is 7.11. The zero-order chi connectivity index (χ0) is 11.4. The van der Waals surface area contributed by atoms with Gasteiger partial charge in [0.15, 0.2) is 0 Å². The van der Waals surface area contributed by atoms with Crippen LogP contribution in [0, 0.1) is 0 Å². The second-order valence-corrected chi connectivity index (χ2v) is 5.81. The summed E-state index contributed by atoms with van der Waals surface area (Å²) in [5.74, 6) is 0. The van der Waals surface area contributed by atoms with E-state index in [2.05, 4.69) is 31.3 Å². The van der Waals surface area contributed by atoms with Crippen molar-refractivity contribution in [3.8, 4) is 0 Å². The van der Waals surface area contributed by atoms with E-state index >= 15 is 0 Å². The molecule has 16 heavy (non-hydrogen) atoms. The van der Waals surface area contributed by atoms with Crippen molar-refractivity contribution in [3.05, 3.63) is 21.9 Å². The fourth-order valence-electron chi connectivity index (χ4n) is 1.47. The monoisotopic (exact) mass is 239 g/mol. The van der Waals surface area contributed by atoms with Crippen LogP contribution in [0.1, 0.15) is 42.9 Å². The van der Waals surface area contributed by atoms with E-state index in [-0.39, 0.29) is 0 Å². The minimum absolute atomic E-state index is 0.370. The highest BCUT2D eigenvalue weighted by atomic mass is 32.1. The molecule has 2 rings (SSSR count). The molecule has 0 saturated heterocycles. The molecule has 1 atom stereocenters. The Morgan fingerprint density at radius 1 is 1.44 bits per heavy atom. The van der Waals surface area contributed by atoms with Gasteiger partial charge in [-0.25, -0.2) is 0 Å². The first-order valence-corrected chi connectivity index (χ1v) is 7.02. The molecule has 0 amide bonds. The Morgan fingerprint density at radius 2 is 2.19 bits per heavy atom. The number of hydrogen-bond acceptors (Lipinski definition) is 3. The van der Waals surface area contributed by atoms with Gasteiger partial charge in [-0.3, -0.25) is 0 Å². The number of ether oxygens (including phenoxy) is 1. The zero-order valence-corrected chi connectivity index (χ0v) is 11.0. The van der Waals surface area contributed by atoms with E-state index in [1.54, 1.807) is 0 Å². The summed E-state index contributed by atoms with van der Waals surface area (Å²) >= 11 is 1.87. The van der Waals surface area contributed by atoms with Crippen molar-refractivity contribution in [2.75, 3.05) is 0 Å². The van der Waals surface area contributed by atoms with E-state index in [1.165, 1.54) is 22.6 Å². The first kappa shape index (κ1) is 12.1. The van der Waals surface area contributed by atoms with Crippen LogP contribution in [-0.4, -0.2) is 12.1 Å². The van der Waals surface area contributed by atoms with E-state index in [9.17, 15) is 0 Å². The van der Waals surface area contributed by atoms with Gasteiger partial charge in [0.25, 0.3) is 0 Å². The molecule has 90 valence electrons. The Hall–Kier alpha value is -0.380. The molecule has 1 aromatic rings. The van der Waals surface area contributed by atoms with Crippen LogP contribution in [0.25, 0.3) is 0 Å². The maximum absolute atomic E-state index is 5.72. The summed E-state index contributed by atoms with van der Waals surface area (Å²) in [6, 6.07) is 5.20. The van der Waals surface area contributed by atoms with Gasteiger partial charge in [0, 0.05) is 22.3 Å². The second-order valence-electron chi connectivity index (χ2n) is 4.55. The zero-order valence-electron chi connectivity index (χ0n) is 10.2. The van der Waals surface area contributed by atoms with E-state index in [1.807, 2.05) is 11.3 Å². The van der Waals surface area contributed by atoms with E-state index < -0.39 is 0 Å². The van der Waals surface area contributed by atoms with Crippen molar-refractivity contribution in [2.24, 2.45) is 0 Å². The van der Waals surface area contributed by atoms with Gasteiger partial charge in [-0.1, -0.05) is 6.92 Å². The molecule has 1 N–H and O–H groups in total. The normalized spacial score (nSPS) is 17.6. The van der Waals surface area contributed by atoms with Gasteiger partial charge in [-0.2, -0.15) is 0 Å². The molecule has 0 radical (unpaired) electrons. The van der Waals surface area contributed by atoms with Gasteiger partial charge >= 0.3 is 0 Å². The molecule has 1 fully saturated rings. The van der Waals surface area contributed by atoms with Crippen LogP contribution in [-0.2, 0) is 17.9 Å². The van der Waals surface area contributed by atoms with Crippen LogP contribution in [0.2, 0.25) is 0 Å². The molecule has 0 spiro atoms. The predicted octanol–water partition coefficient (Wildman–Crippen LogP) is 3.32. The minimum atomic E-state index is 0.370. The van der Waals surface area contributed by atoms with Crippen molar-refractivity contribution in [2.45, 2.75) is 58.4 Å². The quantitative estimate of drug-likeness (QED) is 0.788. The molecular formula is C13H21NOS. The van der Waals surface area contributed by atoms with Crippen LogP contribution in [0.5, 0.6) is 0 Å². The number of thiophene rings is 1. The lowest BCUT2D eigenvalue weighted by atomic mass is 10.3. The summed E-state index contributed by atoms with van der Waals surface area (Å²) in [7, 11) is 0. The lowest BCUT2D eigenvalue weighted by molar-refractivity contribution is 0.0525. The average molecular weight is 239 g/mol. The number of nitrogens with one attached hydrogen (secondary N) is 1. The Bertz CT molecular complexity index is 319. The molecule has 3 heteroatoms. The van der Waals surface area contributed by atoms with Crippen molar-refractivity contribution in [1.29, 1.82) is 0 Å². The summed E-state index contributed by atoms with van der Waals surface area (Å²) in [4.78, 5) is 2.77. The molecule has 1 aromatic heterocycles. The Kier molecular flexibility index (Phi) is 4.38. The average Bonchev–Trinajstić information content (AvgIpc) is 3.02. The topological polar surface area (TPSA) is 21.3 Å². The standard InChI is InChI=1S/C13H21NOS/c1-3-10(2)15-9-13-7-6-12(16-13)8-14-11-4-5-11/h6-7,10-11,14H,3-5,8-9H2,1-2H3. The first-order valence-electron chi connectivity index (χ1n) is 6.20. The Morgan fingerprint density at radius 3 is 2.88 bits per heavy atom. The molecule has 2 nitrogen and oxygen atoms in total. The first-order chi connectivity index (χ1) is 7.78. The van der Waals surface area contributed by atoms with Crippen molar-refractivity contribution < 1.29 is 4.74 Å². The summed E-state index contributed by atoms with van der Waals surface area (Å²) in [5.41, 5.74) is 0. The molecule has 1 aliphatic carbocycles. The van der Waals surface area contributed by atoms with Gasteiger partial charge < -0.3 is 10.1 Å². The summed E-state index contributed by atoms with van der Waals surface area (Å²) < 4.78 is 5.72. The minimum Gasteiger partial charge on any atom is -0.373 e. The summed E-state index contributed by atoms with van der Waals surface area (Å²) in [6.45, 7) is 6.08. The van der Waals surface area contributed by atoms with Gasteiger partial charge in [0.2, 0.25) is 0 Å². The lowest BCUT2D eigenvalue weighted by Gasteiger charge is -2.08. The highest BCUT2D eigenvalue weighted by Crippen LogP contribution is 2.22. The van der Waals surface area contributed by atoms with Gasteiger partial charge in [-0.05, 0) is 38.3 Å². The lowest BCUT2D eigenvalue weighted by Crippen LogP contribution is -2.14. The Balaban J connectivity index is 1.72. The highest BCUT2D eigenvalue weighted by Gasteiger charge is 2.20. The molecule has 0 bridgehead atoms. The van der Waals surface area contributed by atoms with Crippen molar-refractivity contribution >= 4 is 11.3 Å². The van der Waals surface area contributed by atoms with Crippen LogP contribution >= 0.6 is 11.3 Å². The van der Waals surface area contributed by atoms with Crippen molar-refractivity contribution in [1.82, 2.24) is 5.32 Å². The molecular weight excluding hydrogens is 218 g/mol. The molecule has 1 aliphatic rings. The summed E-state index contributed by atoms with van der Waals surface area (Å²) in [6.07, 6.45) is 4.17. The smallest absolute Gasteiger partial charge is 0.0813 e. The van der Waals surface area contributed by atoms with Gasteiger partial charge in [0.1, 0.15) is 0 Å². The molecule has 0 aliphatic heterocycles. The SMILES string of the molecule is CCC(C)OCc1ccc(CNC2CC2)s1. The van der Waals surface area contributed by atoms with Crippen LogP contribution in [0.4, 0.5) is 0 Å². The maximum atomic E-state index is 5.72. The molecule has 0 aromatic carbocycles. The van der Waals surface area contributed by atoms with Crippen LogP contribution < -0.4 is 5.32 Å². The predicted molar refractivity (Wildman–Crippen MR) is 68.7 cm³/mol. The fraction of sp³-hybridized carbons (Fsp3) is 0.692. The maximum Gasteiger partial charge on any atom is 0.0813 e. The van der Waals surface area contributed by atoms with Gasteiger partial charge in [-0.15, -0.1) is 11.3 Å². The third kappa shape index (κ3) is 3.89. The molecule has 1 heterocycles. The van der Waals surface area contributed by atoms with Crippen LogP contribution in [0.15, 0.2) is 12.1 Å².